The van der Waals surface area contributed by atoms with E-state index in [9.17, 15) is 4.79 Å². The first-order chi connectivity index (χ1) is 8.63. The fourth-order valence-electron chi connectivity index (χ4n) is 2.13. The standard InChI is InChI=1S/C13H17ClN2O2/c1-3-10-8-18-9(2)7-16(10)13(17)11-4-5-15-6-12(11)14/h4-6,9-10H,3,7-8H2,1-2H3. The van der Waals surface area contributed by atoms with Crippen LogP contribution >= 0.6 is 11.6 Å². The third-order valence-corrected chi connectivity index (χ3v) is 3.50. The third kappa shape index (κ3) is 2.65. The second-order valence-corrected chi connectivity index (χ2v) is 4.93. The van der Waals surface area contributed by atoms with E-state index >= 15 is 0 Å². The molecule has 0 saturated carbocycles. The van der Waals surface area contributed by atoms with Gasteiger partial charge in [-0.25, -0.2) is 0 Å². The van der Waals surface area contributed by atoms with Gasteiger partial charge in [0.25, 0.3) is 5.91 Å². The molecule has 0 N–H and O–H groups in total. The molecule has 4 nitrogen and oxygen atoms in total. The minimum absolute atomic E-state index is 0.0376. The molecule has 18 heavy (non-hydrogen) atoms. The summed E-state index contributed by atoms with van der Waals surface area (Å²) in [5.74, 6) is -0.0376. The summed E-state index contributed by atoms with van der Waals surface area (Å²) in [4.78, 5) is 18.2. The first kappa shape index (κ1) is 13.3. The Balaban J connectivity index is 2.23. The number of ether oxygens (including phenoxy) is 1. The molecule has 98 valence electrons. The molecule has 1 fully saturated rings. The van der Waals surface area contributed by atoms with E-state index < -0.39 is 0 Å². The lowest BCUT2D eigenvalue weighted by Crippen LogP contribution is -2.51. The summed E-state index contributed by atoms with van der Waals surface area (Å²) in [5.41, 5.74) is 0.513. The van der Waals surface area contributed by atoms with Crippen LogP contribution in [-0.2, 0) is 4.74 Å². The molecule has 1 aromatic heterocycles. The lowest BCUT2D eigenvalue weighted by atomic mass is 10.1. The number of amides is 1. The summed E-state index contributed by atoms with van der Waals surface area (Å²) in [7, 11) is 0. The first-order valence-electron chi connectivity index (χ1n) is 6.15. The second kappa shape index (κ2) is 5.67. The van der Waals surface area contributed by atoms with E-state index in [1.165, 1.54) is 6.20 Å². The van der Waals surface area contributed by atoms with Crippen molar-refractivity contribution in [2.75, 3.05) is 13.2 Å². The highest BCUT2D eigenvalue weighted by Gasteiger charge is 2.30. The quantitative estimate of drug-likeness (QED) is 0.827. The maximum Gasteiger partial charge on any atom is 0.255 e. The van der Waals surface area contributed by atoms with E-state index in [2.05, 4.69) is 11.9 Å². The highest BCUT2D eigenvalue weighted by atomic mass is 35.5. The van der Waals surface area contributed by atoms with Gasteiger partial charge in [-0.2, -0.15) is 0 Å². The van der Waals surface area contributed by atoms with E-state index in [1.807, 2.05) is 11.8 Å². The van der Waals surface area contributed by atoms with Gasteiger partial charge in [0, 0.05) is 18.9 Å². The number of carbonyl (C=O) groups is 1. The number of nitrogens with zero attached hydrogens (tertiary/aromatic N) is 2. The summed E-state index contributed by atoms with van der Waals surface area (Å²) < 4.78 is 5.59. The van der Waals surface area contributed by atoms with Gasteiger partial charge in [0.2, 0.25) is 0 Å². The normalized spacial score (nSPS) is 24.1. The lowest BCUT2D eigenvalue weighted by molar-refractivity contribution is -0.0444. The maximum absolute atomic E-state index is 12.5. The van der Waals surface area contributed by atoms with Crippen LogP contribution in [0.1, 0.15) is 30.6 Å². The molecular formula is C13H17ClN2O2. The molecule has 1 aliphatic rings. The van der Waals surface area contributed by atoms with Gasteiger partial charge in [-0.1, -0.05) is 18.5 Å². The monoisotopic (exact) mass is 268 g/mol. The van der Waals surface area contributed by atoms with Gasteiger partial charge in [-0.3, -0.25) is 9.78 Å². The Kier molecular flexibility index (Phi) is 4.19. The van der Waals surface area contributed by atoms with Crippen molar-refractivity contribution in [3.05, 3.63) is 29.0 Å². The highest BCUT2D eigenvalue weighted by Crippen LogP contribution is 2.21. The van der Waals surface area contributed by atoms with Crippen LogP contribution in [-0.4, -0.2) is 41.1 Å². The predicted octanol–water partition coefficient (Wildman–Crippen LogP) is 2.37. The average molecular weight is 269 g/mol. The minimum atomic E-state index is -0.0376. The molecule has 0 radical (unpaired) electrons. The summed E-state index contributed by atoms with van der Waals surface area (Å²) >= 11 is 6.02. The van der Waals surface area contributed by atoms with Gasteiger partial charge in [0.1, 0.15) is 0 Å². The van der Waals surface area contributed by atoms with E-state index in [-0.39, 0.29) is 18.1 Å². The number of rotatable bonds is 2. The molecule has 0 spiro atoms. The topological polar surface area (TPSA) is 42.4 Å². The van der Waals surface area contributed by atoms with E-state index in [0.29, 0.717) is 23.7 Å². The summed E-state index contributed by atoms with van der Waals surface area (Å²) in [6.45, 7) is 5.22. The molecule has 0 aliphatic carbocycles. The van der Waals surface area contributed by atoms with Crippen molar-refractivity contribution in [1.29, 1.82) is 0 Å². The minimum Gasteiger partial charge on any atom is -0.375 e. The Morgan fingerprint density at radius 2 is 2.44 bits per heavy atom. The van der Waals surface area contributed by atoms with Gasteiger partial charge in [-0.15, -0.1) is 0 Å². The Morgan fingerprint density at radius 3 is 3.11 bits per heavy atom. The zero-order valence-corrected chi connectivity index (χ0v) is 11.4. The SMILES string of the molecule is CCC1COC(C)CN1C(=O)c1ccncc1Cl. The van der Waals surface area contributed by atoms with Gasteiger partial charge in [0.15, 0.2) is 0 Å². The highest BCUT2D eigenvalue weighted by molar-refractivity contribution is 6.33. The van der Waals surface area contributed by atoms with Crippen molar-refractivity contribution < 1.29 is 9.53 Å². The number of pyridine rings is 1. The summed E-state index contributed by atoms with van der Waals surface area (Å²) in [6, 6.07) is 1.79. The van der Waals surface area contributed by atoms with E-state index in [1.54, 1.807) is 12.3 Å². The largest absolute Gasteiger partial charge is 0.375 e. The molecule has 2 unspecified atom stereocenters. The molecular weight excluding hydrogens is 252 g/mol. The molecule has 2 atom stereocenters. The van der Waals surface area contributed by atoms with Crippen LogP contribution in [0, 0.1) is 0 Å². The van der Waals surface area contributed by atoms with E-state index in [4.69, 9.17) is 16.3 Å². The zero-order chi connectivity index (χ0) is 13.1. The Morgan fingerprint density at radius 1 is 1.67 bits per heavy atom. The Labute approximate surface area is 112 Å². The fourth-order valence-corrected chi connectivity index (χ4v) is 2.33. The van der Waals surface area contributed by atoms with Crippen molar-refractivity contribution in [1.82, 2.24) is 9.88 Å². The molecule has 1 saturated heterocycles. The first-order valence-corrected chi connectivity index (χ1v) is 6.53. The molecule has 1 aromatic rings. The number of aromatic nitrogens is 1. The van der Waals surface area contributed by atoms with Gasteiger partial charge in [0.05, 0.1) is 29.3 Å². The molecule has 0 bridgehead atoms. The molecule has 1 aliphatic heterocycles. The van der Waals surface area contributed by atoms with Crippen LogP contribution < -0.4 is 0 Å². The summed E-state index contributed by atoms with van der Waals surface area (Å²) in [5, 5.41) is 0.400. The van der Waals surface area contributed by atoms with Gasteiger partial charge >= 0.3 is 0 Å². The molecule has 1 amide bonds. The second-order valence-electron chi connectivity index (χ2n) is 4.52. The van der Waals surface area contributed by atoms with Crippen molar-refractivity contribution in [2.24, 2.45) is 0 Å². The van der Waals surface area contributed by atoms with Crippen LogP contribution in [0.4, 0.5) is 0 Å². The Bertz CT molecular complexity index is 439. The van der Waals surface area contributed by atoms with E-state index in [0.717, 1.165) is 6.42 Å². The van der Waals surface area contributed by atoms with Crippen LogP contribution in [0.25, 0.3) is 0 Å². The van der Waals surface area contributed by atoms with Gasteiger partial charge < -0.3 is 9.64 Å². The predicted molar refractivity (Wildman–Crippen MR) is 69.8 cm³/mol. The number of hydrogen-bond acceptors (Lipinski definition) is 3. The van der Waals surface area contributed by atoms with Crippen LogP contribution in [0.3, 0.4) is 0 Å². The lowest BCUT2D eigenvalue weighted by Gasteiger charge is -2.38. The smallest absolute Gasteiger partial charge is 0.255 e. The van der Waals surface area contributed by atoms with Crippen LogP contribution in [0.15, 0.2) is 18.5 Å². The fraction of sp³-hybridized carbons (Fsp3) is 0.538. The van der Waals surface area contributed by atoms with Crippen LogP contribution in [0.5, 0.6) is 0 Å². The van der Waals surface area contributed by atoms with Crippen LogP contribution in [0.2, 0.25) is 5.02 Å². The summed E-state index contributed by atoms with van der Waals surface area (Å²) in [6.07, 6.45) is 4.03. The maximum atomic E-state index is 12.5. The molecule has 0 aromatic carbocycles. The molecule has 2 heterocycles. The average Bonchev–Trinajstić information content (AvgIpc) is 2.38. The zero-order valence-electron chi connectivity index (χ0n) is 10.6. The van der Waals surface area contributed by atoms with Crippen molar-refractivity contribution in [2.45, 2.75) is 32.4 Å². The van der Waals surface area contributed by atoms with Crippen molar-refractivity contribution in [3.8, 4) is 0 Å². The number of morpholine rings is 1. The molecule has 2 rings (SSSR count). The number of carbonyl (C=O) groups excluding carboxylic acids is 1. The van der Waals surface area contributed by atoms with Gasteiger partial charge in [-0.05, 0) is 19.4 Å². The molecule has 5 heteroatoms. The number of hydrogen-bond donors (Lipinski definition) is 0. The van der Waals surface area contributed by atoms with Crippen molar-refractivity contribution in [3.63, 3.8) is 0 Å². The Hall–Kier alpha value is -1.13. The van der Waals surface area contributed by atoms with Crippen molar-refractivity contribution >= 4 is 17.5 Å². The third-order valence-electron chi connectivity index (χ3n) is 3.20. The number of halogens is 1.